The Morgan fingerprint density at radius 1 is 1.38 bits per heavy atom. The topological polar surface area (TPSA) is 31.9 Å². The summed E-state index contributed by atoms with van der Waals surface area (Å²) in [5.74, 6) is 1.04. The summed E-state index contributed by atoms with van der Waals surface area (Å²) in [5, 5.41) is 0. The van der Waals surface area contributed by atoms with Crippen molar-refractivity contribution in [3.05, 3.63) is 29.6 Å². The smallest absolute Gasteiger partial charge is 0.124 e. The lowest BCUT2D eigenvalue weighted by molar-refractivity contribution is 0.310. The van der Waals surface area contributed by atoms with Gasteiger partial charge in [-0.05, 0) is 45.1 Å². The van der Waals surface area contributed by atoms with E-state index in [1.165, 1.54) is 5.56 Å². The van der Waals surface area contributed by atoms with Crippen molar-refractivity contribution in [3.8, 4) is 0 Å². The molecule has 0 radical (unpaired) electrons. The highest BCUT2D eigenvalue weighted by Crippen LogP contribution is 2.19. The molecule has 1 unspecified atom stereocenters. The van der Waals surface area contributed by atoms with Gasteiger partial charge >= 0.3 is 0 Å². The van der Waals surface area contributed by atoms with Gasteiger partial charge in [-0.25, -0.2) is 4.98 Å². The second-order valence-corrected chi connectivity index (χ2v) is 4.47. The number of rotatable bonds is 3. The van der Waals surface area contributed by atoms with Crippen LogP contribution in [-0.2, 0) is 6.42 Å². The number of fused-ring (bicyclic) bond motifs is 1. The van der Waals surface area contributed by atoms with Gasteiger partial charge in [0.1, 0.15) is 5.82 Å². The molecule has 1 aromatic heterocycles. The van der Waals surface area contributed by atoms with Crippen LogP contribution in [0.15, 0.2) is 18.2 Å². The lowest BCUT2D eigenvalue weighted by atomic mass is 10.1. The van der Waals surface area contributed by atoms with E-state index < -0.39 is 0 Å². The predicted octanol–water partition coefficient (Wildman–Crippen LogP) is 2.75. The van der Waals surface area contributed by atoms with Crippen LogP contribution < -0.4 is 0 Å². The van der Waals surface area contributed by atoms with Crippen LogP contribution in [0.3, 0.4) is 0 Å². The third-order valence-electron chi connectivity index (χ3n) is 3.14. The van der Waals surface area contributed by atoms with Crippen LogP contribution in [0.1, 0.15) is 31.3 Å². The van der Waals surface area contributed by atoms with Gasteiger partial charge in [0.15, 0.2) is 0 Å². The number of hydrogen-bond donors (Lipinski definition) is 1. The van der Waals surface area contributed by atoms with Gasteiger partial charge in [-0.2, -0.15) is 0 Å². The fraction of sp³-hybridized carbons (Fsp3) is 0.462. The summed E-state index contributed by atoms with van der Waals surface area (Å²) in [6.45, 7) is 4.32. The number of benzene rings is 1. The molecule has 0 amide bonds. The van der Waals surface area contributed by atoms with Crippen LogP contribution in [0.4, 0.5) is 0 Å². The molecule has 3 nitrogen and oxygen atoms in total. The summed E-state index contributed by atoms with van der Waals surface area (Å²) in [5.41, 5.74) is 3.55. The number of H-pyrrole nitrogens is 1. The maximum absolute atomic E-state index is 4.61. The van der Waals surface area contributed by atoms with Crippen molar-refractivity contribution in [2.45, 2.75) is 26.3 Å². The van der Waals surface area contributed by atoms with Crippen molar-refractivity contribution in [2.24, 2.45) is 0 Å². The third-order valence-corrected chi connectivity index (χ3v) is 3.14. The minimum absolute atomic E-state index is 0.317. The zero-order valence-electron chi connectivity index (χ0n) is 10.4. The number of aromatic amines is 1. The summed E-state index contributed by atoms with van der Waals surface area (Å²) in [6, 6.07) is 6.75. The van der Waals surface area contributed by atoms with Crippen LogP contribution in [-0.4, -0.2) is 29.0 Å². The van der Waals surface area contributed by atoms with E-state index in [1.807, 2.05) is 0 Å². The first-order chi connectivity index (χ1) is 7.61. The summed E-state index contributed by atoms with van der Waals surface area (Å²) in [7, 11) is 4.13. The summed E-state index contributed by atoms with van der Waals surface area (Å²) in [6.07, 6.45) is 1.06. The molecule has 1 N–H and O–H groups in total. The van der Waals surface area contributed by atoms with Crippen LogP contribution >= 0.6 is 0 Å². The first-order valence-electron chi connectivity index (χ1n) is 5.76. The Balaban J connectivity index is 2.43. The zero-order chi connectivity index (χ0) is 11.7. The van der Waals surface area contributed by atoms with Crippen molar-refractivity contribution in [1.82, 2.24) is 14.9 Å². The molecule has 86 valence electrons. The molecule has 0 aliphatic carbocycles. The molecule has 0 spiro atoms. The van der Waals surface area contributed by atoms with Crippen LogP contribution in [0, 0.1) is 0 Å². The van der Waals surface area contributed by atoms with E-state index >= 15 is 0 Å². The Morgan fingerprint density at radius 2 is 2.12 bits per heavy atom. The molecular formula is C13H19N3. The number of imidazole rings is 1. The van der Waals surface area contributed by atoms with Gasteiger partial charge in [0.05, 0.1) is 17.1 Å². The molecule has 2 aromatic rings. The standard InChI is InChI=1S/C13H19N3/c1-5-10-6-7-11-12(8-10)15-13(14-11)9(2)16(3)4/h6-9H,5H2,1-4H3,(H,14,15). The van der Waals surface area contributed by atoms with Crippen molar-refractivity contribution < 1.29 is 0 Å². The van der Waals surface area contributed by atoms with Gasteiger partial charge < -0.3 is 4.98 Å². The van der Waals surface area contributed by atoms with Gasteiger partial charge in [0.2, 0.25) is 0 Å². The highest BCUT2D eigenvalue weighted by atomic mass is 15.1. The fourth-order valence-corrected chi connectivity index (χ4v) is 1.74. The van der Waals surface area contributed by atoms with Gasteiger partial charge in [-0.3, -0.25) is 4.90 Å². The first-order valence-corrected chi connectivity index (χ1v) is 5.76. The molecule has 2 rings (SSSR count). The molecule has 0 bridgehead atoms. The number of aryl methyl sites for hydroxylation is 1. The molecule has 0 saturated heterocycles. The quantitative estimate of drug-likeness (QED) is 0.857. The molecule has 0 aliphatic rings. The van der Waals surface area contributed by atoms with Gasteiger partial charge in [-0.15, -0.1) is 0 Å². The minimum Gasteiger partial charge on any atom is -0.341 e. The largest absolute Gasteiger partial charge is 0.341 e. The average Bonchev–Trinajstić information content (AvgIpc) is 2.69. The van der Waals surface area contributed by atoms with Crippen molar-refractivity contribution in [3.63, 3.8) is 0 Å². The minimum atomic E-state index is 0.317. The van der Waals surface area contributed by atoms with E-state index in [4.69, 9.17) is 0 Å². The normalized spacial score (nSPS) is 13.6. The first kappa shape index (κ1) is 11.1. The van der Waals surface area contributed by atoms with Crippen molar-refractivity contribution in [1.29, 1.82) is 0 Å². The van der Waals surface area contributed by atoms with E-state index in [9.17, 15) is 0 Å². The second kappa shape index (κ2) is 4.26. The third kappa shape index (κ3) is 1.95. The molecule has 1 heterocycles. The molecule has 0 fully saturated rings. The Bertz CT molecular complexity index is 485. The summed E-state index contributed by atoms with van der Waals surface area (Å²) < 4.78 is 0. The maximum Gasteiger partial charge on any atom is 0.124 e. The molecule has 0 saturated carbocycles. The Morgan fingerprint density at radius 3 is 2.75 bits per heavy atom. The predicted molar refractivity (Wildman–Crippen MR) is 67.6 cm³/mol. The lowest BCUT2D eigenvalue weighted by Gasteiger charge is -2.16. The van der Waals surface area contributed by atoms with E-state index in [1.54, 1.807) is 0 Å². The van der Waals surface area contributed by atoms with E-state index in [0.29, 0.717) is 6.04 Å². The average molecular weight is 217 g/mol. The van der Waals surface area contributed by atoms with Crippen molar-refractivity contribution >= 4 is 11.0 Å². The SMILES string of the molecule is CCc1ccc2nc(C(C)N(C)C)[nH]c2c1. The van der Waals surface area contributed by atoms with E-state index in [-0.39, 0.29) is 0 Å². The monoisotopic (exact) mass is 217 g/mol. The van der Waals surface area contributed by atoms with E-state index in [0.717, 1.165) is 23.3 Å². The highest BCUT2D eigenvalue weighted by Gasteiger charge is 2.12. The molecule has 1 aromatic carbocycles. The molecule has 3 heteroatoms. The molecule has 16 heavy (non-hydrogen) atoms. The zero-order valence-corrected chi connectivity index (χ0v) is 10.4. The summed E-state index contributed by atoms with van der Waals surface area (Å²) in [4.78, 5) is 10.2. The fourth-order valence-electron chi connectivity index (χ4n) is 1.74. The second-order valence-electron chi connectivity index (χ2n) is 4.47. The van der Waals surface area contributed by atoms with Crippen LogP contribution in [0.2, 0.25) is 0 Å². The van der Waals surface area contributed by atoms with Crippen molar-refractivity contribution in [2.75, 3.05) is 14.1 Å². The number of nitrogens with zero attached hydrogens (tertiary/aromatic N) is 2. The van der Waals surface area contributed by atoms with Crippen LogP contribution in [0.25, 0.3) is 11.0 Å². The Kier molecular flexibility index (Phi) is 2.97. The maximum atomic E-state index is 4.61. The van der Waals surface area contributed by atoms with Crippen LogP contribution in [0.5, 0.6) is 0 Å². The van der Waals surface area contributed by atoms with E-state index in [2.05, 4.69) is 61.0 Å². The number of aromatic nitrogens is 2. The van der Waals surface area contributed by atoms with Gasteiger partial charge in [0, 0.05) is 0 Å². The number of nitrogens with one attached hydrogen (secondary N) is 1. The molecule has 0 aliphatic heterocycles. The molecule has 1 atom stereocenters. The Labute approximate surface area is 96.5 Å². The Hall–Kier alpha value is -1.35. The van der Waals surface area contributed by atoms with Gasteiger partial charge in [-0.1, -0.05) is 13.0 Å². The lowest BCUT2D eigenvalue weighted by Crippen LogP contribution is -2.17. The molecular weight excluding hydrogens is 198 g/mol. The number of hydrogen-bond acceptors (Lipinski definition) is 2. The van der Waals surface area contributed by atoms with Gasteiger partial charge in [0.25, 0.3) is 0 Å². The summed E-state index contributed by atoms with van der Waals surface area (Å²) >= 11 is 0. The highest BCUT2D eigenvalue weighted by molar-refractivity contribution is 5.75.